The predicted molar refractivity (Wildman–Crippen MR) is 84.4 cm³/mol. The Labute approximate surface area is 144 Å². The molecule has 3 heterocycles. The van der Waals surface area contributed by atoms with Crippen LogP contribution in [0, 0.1) is 24.1 Å². The number of rotatable bonds is 4. The zero-order chi connectivity index (χ0) is 17.4. The summed E-state index contributed by atoms with van der Waals surface area (Å²) < 4.78 is 23.6. The molecule has 0 radical (unpaired) electrons. The molecule has 1 saturated carbocycles. The van der Waals surface area contributed by atoms with Gasteiger partial charge in [0.2, 0.25) is 0 Å². The third-order valence-electron chi connectivity index (χ3n) is 5.26. The Morgan fingerprint density at radius 2 is 2.28 bits per heavy atom. The lowest BCUT2D eigenvalue weighted by molar-refractivity contribution is 0.0732. The summed E-state index contributed by atoms with van der Waals surface area (Å²) in [4.78, 5) is 22.2. The normalized spacial score (nSPS) is 25.2. The zero-order valence-corrected chi connectivity index (χ0v) is 13.9. The molecule has 0 N–H and O–H groups in total. The number of hydrogen-bond donors (Lipinski definition) is 0. The van der Waals surface area contributed by atoms with E-state index in [1.165, 1.54) is 0 Å². The molecule has 2 fully saturated rings. The summed E-state index contributed by atoms with van der Waals surface area (Å²) in [6.45, 7) is 3.49. The first-order chi connectivity index (χ1) is 12.1. The molecule has 1 amide bonds. The van der Waals surface area contributed by atoms with Crippen LogP contribution in [0.15, 0.2) is 23.0 Å². The van der Waals surface area contributed by atoms with E-state index in [0.717, 1.165) is 31.7 Å². The first-order valence-corrected chi connectivity index (χ1v) is 8.39. The Bertz CT molecular complexity index is 778. The number of nitrogens with zero attached hydrogens (tertiary/aromatic N) is 4. The number of fused-ring (bicyclic) bond motifs is 1. The molecule has 2 aromatic heterocycles. The minimum atomic E-state index is -0.496. The summed E-state index contributed by atoms with van der Waals surface area (Å²) in [6, 6.07) is 1.82. The molecule has 2 atom stereocenters. The average Bonchev–Trinajstić information content (AvgIpc) is 3.27. The van der Waals surface area contributed by atoms with Gasteiger partial charge in [-0.15, -0.1) is 0 Å². The van der Waals surface area contributed by atoms with Gasteiger partial charge in [-0.3, -0.25) is 4.79 Å². The third-order valence-corrected chi connectivity index (χ3v) is 5.26. The molecule has 2 aliphatic rings. The van der Waals surface area contributed by atoms with Gasteiger partial charge in [0.25, 0.3) is 5.91 Å². The number of ether oxygens (including phenoxy) is 1. The fraction of sp³-hybridized carbons (Fsp3) is 0.529. The maximum absolute atomic E-state index is 12.9. The van der Waals surface area contributed by atoms with Crippen molar-refractivity contribution in [1.82, 2.24) is 20.0 Å². The third kappa shape index (κ3) is 2.96. The van der Waals surface area contributed by atoms with E-state index >= 15 is 0 Å². The molecule has 2 unspecified atom stereocenters. The minimum Gasteiger partial charge on any atom is -0.463 e. The summed E-state index contributed by atoms with van der Waals surface area (Å²) in [5, 5.41) is 3.83. The second-order valence-corrected chi connectivity index (χ2v) is 6.93. The van der Waals surface area contributed by atoms with E-state index in [-0.39, 0.29) is 17.3 Å². The Morgan fingerprint density at radius 3 is 3.00 bits per heavy atom. The monoisotopic (exact) mass is 346 g/mol. The van der Waals surface area contributed by atoms with Gasteiger partial charge in [0.05, 0.1) is 19.0 Å². The molecule has 0 aromatic carbocycles. The molecule has 0 bridgehead atoms. The highest BCUT2D eigenvalue weighted by Crippen LogP contribution is 2.49. The van der Waals surface area contributed by atoms with Gasteiger partial charge in [-0.2, -0.15) is 0 Å². The number of carbonyl (C=O) groups excluding carboxylic acids is 1. The van der Waals surface area contributed by atoms with Crippen molar-refractivity contribution in [3.8, 4) is 6.01 Å². The smallest absolute Gasteiger partial charge is 0.316 e. The van der Waals surface area contributed by atoms with Gasteiger partial charge in [-0.05, 0) is 25.7 Å². The molecule has 1 aliphatic heterocycles. The average molecular weight is 346 g/mol. The molecule has 4 rings (SSSR count). The summed E-state index contributed by atoms with van der Waals surface area (Å²) in [5.74, 6) is 0.396. The highest BCUT2D eigenvalue weighted by Gasteiger charge is 2.51. The number of halogens is 1. The standard InChI is InChI=1S/C17H19FN4O3/c1-11-5-14(21-25-11)15(23)22-8-12-3-2-4-17(12,9-22)10-24-16-19-6-13(18)7-20-16/h5-7,12H,2-4,8-10H2,1H3. The number of carbonyl (C=O) groups is 1. The van der Waals surface area contributed by atoms with Crippen LogP contribution in [0.4, 0.5) is 4.39 Å². The Hall–Kier alpha value is -2.51. The molecule has 8 heteroatoms. The van der Waals surface area contributed by atoms with E-state index in [0.29, 0.717) is 37.1 Å². The number of aryl methyl sites for hydroxylation is 1. The van der Waals surface area contributed by atoms with Crippen LogP contribution in [0.3, 0.4) is 0 Å². The molecular formula is C17H19FN4O3. The SMILES string of the molecule is Cc1cc(C(=O)N2CC3CCCC3(COc3ncc(F)cn3)C2)no1. The van der Waals surface area contributed by atoms with Crippen molar-refractivity contribution >= 4 is 5.91 Å². The summed E-state index contributed by atoms with van der Waals surface area (Å²) in [7, 11) is 0. The molecule has 1 saturated heterocycles. The van der Waals surface area contributed by atoms with Crippen LogP contribution in [0.5, 0.6) is 6.01 Å². The first-order valence-electron chi connectivity index (χ1n) is 8.39. The van der Waals surface area contributed by atoms with Crippen molar-refractivity contribution in [3.05, 3.63) is 35.7 Å². The van der Waals surface area contributed by atoms with E-state index in [2.05, 4.69) is 15.1 Å². The number of amides is 1. The molecule has 7 nitrogen and oxygen atoms in total. The quantitative estimate of drug-likeness (QED) is 0.844. The number of likely N-dealkylation sites (tertiary alicyclic amines) is 1. The lowest BCUT2D eigenvalue weighted by Crippen LogP contribution is -2.36. The topological polar surface area (TPSA) is 81.4 Å². The second kappa shape index (κ2) is 6.09. The van der Waals surface area contributed by atoms with Gasteiger partial charge in [0.1, 0.15) is 5.76 Å². The predicted octanol–water partition coefficient (Wildman–Crippen LogP) is 2.23. The molecule has 25 heavy (non-hydrogen) atoms. The molecular weight excluding hydrogens is 327 g/mol. The summed E-state index contributed by atoms with van der Waals surface area (Å²) >= 11 is 0. The first kappa shape index (κ1) is 16.0. The van der Waals surface area contributed by atoms with Crippen molar-refractivity contribution in [2.24, 2.45) is 11.3 Å². The van der Waals surface area contributed by atoms with Crippen molar-refractivity contribution in [3.63, 3.8) is 0 Å². The summed E-state index contributed by atoms with van der Waals surface area (Å²) in [6.07, 6.45) is 5.34. The van der Waals surface area contributed by atoms with Gasteiger partial charge >= 0.3 is 6.01 Å². The Morgan fingerprint density at radius 1 is 1.48 bits per heavy atom. The van der Waals surface area contributed by atoms with Crippen LogP contribution < -0.4 is 4.74 Å². The minimum absolute atomic E-state index is 0.105. The highest BCUT2D eigenvalue weighted by atomic mass is 19.1. The van der Waals surface area contributed by atoms with Gasteiger partial charge in [0, 0.05) is 24.6 Å². The fourth-order valence-electron chi connectivity index (χ4n) is 4.02. The van der Waals surface area contributed by atoms with Crippen molar-refractivity contribution in [2.75, 3.05) is 19.7 Å². The number of aromatic nitrogens is 3. The van der Waals surface area contributed by atoms with Gasteiger partial charge in [0.15, 0.2) is 11.5 Å². The Balaban J connectivity index is 1.46. The molecule has 132 valence electrons. The van der Waals surface area contributed by atoms with Gasteiger partial charge in [-0.25, -0.2) is 14.4 Å². The lowest BCUT2D eigenvalue weighted by Gasteiger charge is -2.28. The lowest BCUT2D eigenvalue weighted by atomic mass is 9.82. The molecule has 0 spiro atoms. The maximum atomic E-state index is 12.9. The van der Waals surface area contributed by atoms with Crippen LogP contribution in [-0.2, 0) is 0 Å². The fourth-order valence-corrected chi connectivity index (χ4v) is 4.02. The summed E-state index contributed by atoms with van der Waals surface area (Å²) in [5.41, 5.74) is 0.238. The highest BCUT2D eigenvalue weighted by molar-refractivity contribution is 5.92. The van der Waals surface area contributed by atoms with Gasteiger partial charge in [-0.1, -0.05) is 11.6 Å². The van der Waals surface area contributed by atoms with Crippen molar-refractivity contribution in [2.45, 2.75) is 26.2 Å². The largest absolute Gasteiger partial charge is 0.463 e. The number of hydrogen-bond acceptors (Lipinski definition) is 6. The van der Waals surface area contributed by atoms with E-state index in [9.17, 15) is 9.18 Å². The second-order valence-electron chi connectivity index (χ2n) is 6.93. The maximum Gasteiger partial charge on any atom is 0.316 e. The van der Waals surface area contributed by atoms with E-state index in [1.54, 1.807) is 13.0 Å². The van der Waals surface area contributed by atoms with Crippen molar-refractivity contribution in [1.29, 1.82) is 0 Å². The van der Waals surface area contributed by atoms with Crippen LogP contribution in [-0.4, -0.2) is 45.6 Å². The van der Waals surface area contributed by atoms with Gasteiger partial charge < -0.3 is 14.2 Å². The zero-order valence-electron chi connectivity index (χ0n) is 13.9. The van der Waals surface area contributed by atoms with E-state index in [4.69, 9.17) is 9.26 Å². The van der Waals surface area contributed by atoms with E-state index in [1.807, 2.05) is 4.90 Å². The Kier molecular flexibility index (Phi) is 3.89. The van der Waals surface area contributed by atoms with Crippen molar-refractivity contribution < 1.29 is 18.4 Å². The molecule has 2 aromatic rings. The van der Waals surface area contributed by atoms with Crippen LogP contribution in [0.2, 0.25) is 0 Å². The van der Waals surface area contributed by atoms with E-state index < -0.39 is 5.82 Å². The van der Waals surface area contributed by atoms with Crippen LogP contribution in [0.1, 0.15) is 35.5 Å². The molecule has 1 aliphatic carbocycles. The van der Waals surface area contributed by atoms with Crippen LogP contribution in [0.25, 0.3) is 0 Å². The van der Waals surface area contributed by atoms with Crippen LogP contribution >= 0.6 is 0 Å².